The molecule has 0 saturated carbocycles. The molecule has 1 unspecified atom stereocenters. The van der Waals surface area contributed by atoms with Crippen LogP contribution in [0.25, 0.3) is 0 Å². The summed E-state index contributed by atoms with van der Waals surface area (Å²) in [6, 6.07) is 25.4. The Bertz CT molecular complexity index is 830. The van der Waals surface area contributed by atoms with Gasteiger partial charge in [0.1, 0.15) is 11.5 Å². The molecule has 3 heteroatoms. The lowest BCUT2D eigenvalue weighted by molar-refractivity contribution is 0.482. The second-order valence-corrected chi connectivity index (χ2v) is 5.87. The topological polar surface area (TPSA) is 21.6 Å². The molecule has 120 valence electrons. The van der Waals surface area contributed by atoms with Crippen molar-refractivity contribution < 1.29 is 4.74 Å². The number of halogens is 1. The summed E-state index contributed by atoms with van der Waals surface area (Å²) >= 11 is 6.22. The summed E-state index contributed by atoms with van der Waals surface area (Å²) in [5.41, 5.74) is 2.01. The Balaban J connectivity index is 1.73. The van der Waals surface area contributed by atoms with Crippen molar-refractivity contribution in [2.24, 2.45) is 4.99 Å². The Morgan fingerprint density at radius 2 is 1.58 bits per heavy atom. The highest BCUT2D eigenvalue weighted by atomic mass is 35.5. The van der Waals surface area contributed by atoms with Gasteiger partial charge in [-0.1, -0.05) is 60.1 Å². The van der Waals surface area contributed by atoms with Crippen LogP contribution in [0.3, 0.4) is 0 Å². The highest BCUT2D eigenvalue weighted by Gasteiger charge is 2.06. The van der Waals surface area contributed by atoms with Crippen LogP contribution in [0.15, 0.2) is 83.9 Å². The van der Waals surface area contributed by atoms with Crippen LogP contribution >= 0.6 is 11.6 Å². The Morgan fingerprint density at radius 1 is 0.875 bits per heavy atom. The normalized spacial score (nSPS) is 12.2. The predicted octanol–water partition coefficient (Wildman–Crippen LogP) is 6.31. The van der Waals surface area contributed by atoms with Crippen LogP contribution < -0.4 is 4.74 Å². The standard InChI is InChI=1S/C21H18ClNO/c1-16(20-12-5-6-13-21(20)22)23-15-17-8-7-11-19(14-17)24-18-9-3-2-4-10-18/h2-16H,1H3/b23-15+. The number of rotatable bonds is 5. The molecule has 0 aliphatic heterocycles. The maximum atomic E-state index is 6.22. The zero-order chi connectivity index (χ0) is 16.8. The van der Waals surface area contributed by atoms with Crippen LogP contribution in [0.1, 0.15) is 24.1 Å². The lowest BCUT2D eigenvalue weighted by Gasteiger charge is -2.09. The SMILES string of the molecule is CC(/N=C/c1cccc(Oc2ccccc2)c1)c1ccccc1Cl. The first-order valence-electron chi connectivity index (χ1n) is 7.83. The van der Waals surface area contributed by atoms with E-state index in [0.29, 0.717) is 0 Å². The van der Waals surface area contributed by atoms with Crippen LogP contribution in [0.5, 0.6) is 11.5 Å². The Kier molecular flexibility index (Phi) is 5.29. The van der Waals surface area contributed by atoms with E-state index in [-0.39, 0.29) is 6.04 Å². The van der Waals surface area contributed by atoms with E-state index in [1.54, 1.807) is 0 Å². The van der Waals surface area contributed by atoms with Gasteiger partial charge in [0.15, 0.2) is 0 Å². The lowest BCUT2D eigenvalue weighted by atomic mass is 10.1. The first kappa shape index (κ1) is 16.3. The molecule has 24 heavy (non-hydrogen) atoms. The molecule has 0 heterocycles. The van der Waals surface area contributed by atoms with E-state index >= 15 is 0 Å². The summed E-state index contributed by atoms with van der Waals surface area (Å²) in [5.74, 6) is 1.60. The fourth-order valence-corrected chi connectivity index (χ4v) is 2.67. The molecule has 0 aliphatic rings. The van der Waals surface area contributed by atoms with Gasteiger partial charge in [0.2, 0.25) is 0 Å². The third-order valence-electron chi connectivity index (χ3n) is 3.64. The molecule has 2 nitrogen and oxygen atoms in total. The number of ether oxygens (including phenoxy) is 1. The molecular weight excluding hydrogens is 318 g/mol. The first-order chi connectivity index (χ1) is 11.7. The van der Waals surface area contributed by atoms with Gasteiger partial charge in [-0.05, 0) is 48.4 Å². The molecule has 0 bridgehead atoms. The first-order valence-corrected chi connectivity index (χ1v) is 8.21. The summed E-state index contributed by atoms with van der Waals surface area (Å²) < 4.78 is 5.85. The number of benzene rings is 3. The largest absolute Gasteiger partial charge is 0.457 e. The molecule has 0 spiro atoms. The van der Waals surface area contributed by atoms with Crippen molar-refractivity contribution in [1.82, 2.24) is 0 Å². The third-order valence-corrected chi connectivity index (χ3v) is 3.98. The third kappa shape index (κ3) is 4.24. The molecule has 3 aromatic carbocycles. The minimum atomic E-state index is -0.00241. The van der Waals surface area contributed by atoms with Crippen molar-refractivity contribution in [2.45, 2.75) is 13.0 Å². The fourth-order valence-electron chi connectivity index (χ4n) is 2.38. The smallest absolute Gasteiger partial charge is 0.128 e. The Morgan fingerprint density at radius 3 is 2.38 bits per heavy atom. The summed E-state index contributed by atoms with van der Waals surface area (Å²) in [6.07, 6.45) is 1.85. The highest BCUT2D eigenvalue weighted by molar-refractivity contribution is 6.31. The zero-order valence-electron chi connectivity index (χ0n) is 13.4. The minimum Gasteiger partial charge on any atom is -0.457 e. The number of hydrogen-bond donors (Lipinski definition) is 0. The summed E-state index contributed by atoms with van der Waals surface area (Å²) in [4.78, 5) is 4.61. The van der Waals surface area contributed by atoms with Gasteiger partial charge in [-0.2, -0.15) is 0 Å². The highest BCUT2D eigenvalue weighted by Crippen LogP contribution is 2.25. The van der Waals surface area contributed by atoms with E-state index in [0.717, 1.165) is 27.6 Å². The maximum Gasteiger partial charge on any atom is 0.128 e. The van der Waals surface area contributed by atoms with Gasteiger partial charge < -0.3 is 4.74 Å². The van der Waals surface area contributed by atoms with Gasteiger partial charge in [-0.25, -0.2) is 0 Å². The van der Waals surface area contributed by atoms with Crippen molar-refractivity contribution >= 4 is 17.8 Å². The molecule has 3 aromatic rings. The van der Waals surface area contributed by atoms with E-state index in [1.807, 2.05) is 92.0 Å². The molecule has 0 amide bonds. The molecule has 1 atom stereocenters. The van der Waals surface area contributed by atoms with Gasteiger partial charge >= 0.3 is 0 Å². The molecule has 0 aromatic heterocycles. The zero-order valence-corrected chi connectivity index (χ0v) is 14.1. The molecule has 0 radical (unpaired) electrons. The Hall–Kier alpha value is -2.58. The van der Waals surface area contributed by atoms with Crippen molar-refractivity contribution in [2.75, 3.05) is 0 Å². The van der Waals surface area contributed by atoms with Gasteiger partial charge in [-0.3, -0.25) is 4.99 Å². The summed E-state index contributed by atoms with van der Waals surface area (Å²) in [6.45, 7) is 2.03. The van der Waals surface area contributed by atoms with Gasteiger partial charge in [0.05, 0.1) is 6.04 Å². The van der Waals surface area contributed by atoms with E-state index in [2.05, 4.69) is 4.99 Å². The van der Waals surface area contributed by atoms with E-state index in [4.69, 9.17) is 16.3 Å². The average molecular weight is 336 g/mol. The minimum absolute atomic E-state index is 0.00241. The van der Waals surface area contributed by atoms with Crippen molar-refractivity contribution in [3.8, 4) is 11.5 Å². The maximum absolute atomic E-state index is 6.22. The van der Waals surface area contributed by atoms with Crippen LogP contribution in [0.2, 0.25) is 5.02 Å². The molecule has 0 aliphatic carbocycles. The average Bonchev–Trinajstić information content (AvgIpc) is 2.61. The van der Waals surface area contributed by atoms with E-state index < -0.39 is 0 Å². The van der Waals surface area contributed by atoms with Crippen LogP contribution in [0, 0.1) is 0 Å². The number of para-hydroxylation sites is 1. The van der Waals surface area contributed by atoms with E-state index in [9.17, 15) is 0 Å². The molecule has 0 fully saturated rings. The van der Waals surface area contributed by atoms with E-state index in [1.165, 1.54) is 0 Å². The summed E-state index contributed by atoms with van der Waals surface area (Å²) in [5, 5.41) is 0.739. The molecule has 0 saturated heterocycles. The predicted molar refractivity (Wildman–Crippen MR) is 100 cm³/mol. The number of aliphatic imine (C=N–C) groups is 1. The van der Waals surface area contributed by atoms with Crippen molar-refractivity contribution in [1.29, 1.82) is 0 Å². The van der Waals surface area contributed by atoms with Crippen molar-refractivity contribution in [3.05, 3.63) is 95.0 Å². The summed E-state index contributed by atoms with van der Waals surface area (Å²) in [7, 11) is 0. The van der Waals surface area contributed by atoms with Gasteiger partial charge in [-0.15, -0.1) is 0 Å². The second-order valence-electron chi connectivity index (χ2n) is 5.46. The number of hydrogen-bond acceptors (Lipinski definition) is 2. The van der Waals surface area contributed by atoms with Gasteiger partial charge in [0, 0.05) is 11.2 Å². The molecule has 0 N–H and O–H groups in total. The monoisotopic (exact) mass is 335 g/mol. The number of nitrogens with zero attached hydrogens (tertiary/aromatic N) is 1. The molecular formula is C21H18ClNO. The molecule has 3 rings (SSSR count). The van der Waals surface area contributed by atoms with Gasteiger partial charge in [0.25, 0.3) is 0 Å². The quantitative estimate of drug-likeness (QED) is 0.500. The Labute approximate surface area is 147 Å². The van der Waals surface area contributed by atoms with Crippen LogP contribution in [-0.2, 0) is 0 Å². The van der Waals surface area contributed by atoms with Crippen LogP contribution in [-0.4, -0.2) is 6.21 Å². The lowest BCUT2D eigenvalue weighted by Crippen LogP contribution is -1.92. The second kappa shape index (κ2) is 7.80. The fraction of sp³-hybridized carbons (Fsp3) is 0.0952. The van der Waals surface area contributed by atoms with Crippen LogP contribution in [0.4, 0.5) is 0 Å². The van der Waals surface area contributed by atoms with Crippen molar-refractivity contribution in [3.63, 3.8) is 0 Å².